The fourth-order valence-corrected chi connectivity index (χ4v) is 2.00. The predicted molar refractivity (Wildman–Crippen MR) is 76.1 cm³/mol. The van der Waals surface area contributed by atoms with Crippen molar-refractivity contribution in [2.45, 2.75) is 25.4 Å². The van der Waals surface area contributed by atoms with Gasteiger partial charge in [0.1, 0.15) is 17.7 Å². The Morgan fingerprint density at radius 2 is 2.14 bits per heavy atom. The van der Waals surface area contributed by atoms with Gasteiger partial charge >= 0.3 is 0 Å². The second-order valence-corrected chi connectivity index (χ2v) is 5.38. The van der Waals surface area contributed by atoms with E-state index in [4.69, 9.17) is 4.42 Å². The van der Waals surface area contributed by atoms with E-state index in [0.717, 1.165) is 0 Å². The van der Waals surface area contributed by atoms with Crippen LogP contribution in [0.2, 0.25) is 0 Å². The molecule has 2 rings (SSSR count). The smallest absolute Gasteiger partial charge is 0.230 e. The number of benzene rings is 1. The van der Waals surface area contributed by atoms with Gasteiger partial charge in [-0.1, -0.05) is 12.1 Å². The van der Waals surface area contributed by atoms with Crippen molar-refractivity contribution in [1.82, 2.24) is 5.32 Å². The predicted octanol–water partition coefficient (Wildman–Crippen LogP) is 2.55. The molecule has 112 valence electrons. The van der Waals surface area contributed by atoms with E-state index in [9.17, 15) is 14.3 Å². The lowest BCUT2D eigenvalue weighted by atomic mass is 9.83. The van der Waals surface area contributed by atoms with Crippen molar-refractivity contribution in [2.75, 3.05) is 6.54 Å². The molecule has 1 atom stereocenters. The fraction of sp³-hybridized carbons (Fsp3) is 0.312. The zero-order valence-electron chi connectivity index (χ0n) is 12.0. The minimum atomic E-state index is -0.910. The van der Waals surface area contributed by atoms with Gasteiger partial charge < -0.3 is 14.8 Å². The molecule has 1 heterocycles. The number of carbonyl (C=O) groups is 1. The number of hydrogen-bond acceptors (Lipinski definition) is 3. The molecule has 1 unspecified atom stereocenters. The Bertz CT molecular complexity index is 608. The van der Waals surface area contributed by atoms with E-state index in [-0.39, 0.29) is 18.3 Å². The van der Waals surface area contributed by atoms with Crippen molar-refractivity contribution in [3.63, 3.8) is 0 Å². The lowest BCUT2D eigenvalue weighted by Crippen LogP contribution is -2.41. The zero-order chi connectivity index (χ0) is 15.5. The van der Waals surface area contributed by atoms with Crippen LogP contribution in [0.3, 0.4) is 0 Å². The largest absolute Gasteiger partial charge is 0.467 e. The minimum Gasteiger partial charge on any atom is -0.467 e. The second-order valence-electron chi connectivity index (χ2n) is 5.38. The van der Waals surface area contributed by atoms with Crippen molar-refractivity contribution in [2.24, 2.45) is 0 Å². The second kappa shape index (κ2) is 6.10. The molecule has 0 saturated heterocycles. The van der Waals surface area contributed by atoms with E-state index in [1.807, 2.05) is 0 Å². The summed E-state index contributed by atoms with van der Waals surface area (Å²) in [4.78, 5) is 12.3. The molecule has 1 amide bonds. The molecule has 0 aliphatic heterocycles. The minimum absolute atomic E-state index is 0.0328. The van der Waals surface area contributed by atoms with Gasteiger partial charge in [0.15, 0.2) is 0 Å². The molecule has 21 heavy (non-hydrogen) atoms. The SMILES string of the molecule is CC(C)(C(=O)NCC(O)c1ccco1)c1cccc(F)c1. The highest BCUT2D eigenvalue weighted by molar-refractivity contribution is 5.87. The summed E-state index contributed by atoms with van der Waals surface area (Å²) in [5.74, 6) is -0.290. The summed E-state index contributed by atoms with van der Waals surface area (Å²) in [6.07, 6.45) is 0.545. The number of hydrogen-bond donors (Lipinski definition) is 2. The average molecular weight is 291 g/mol. The molecule has 1 aromatic carbocycles. The normalized spacial score (nSPS) is 13.0. The van der Waals surface area contributed by atoms with Crippen LogP contribution in [0.15, 0.2) is 47.1 Å². The summed E-state index contributed by atoms with van der Waals surface area (Å²) in [6.45, 7) is 3.44. The van der Waals surface area contributed by atoms with Crippen LogP contribution < -0.4 is 5.32 Å². The molecule has 5 heteroatoms. The average Bonchev–Trinajstić information content (AvgIpc) is 2.98. The standard InChI is InChI=1S/C16H18FNO3/c1-16(2,11-5-3-6-12(17)9-11)15(20)18-10-13(19)14-7-4-8-21-14/h3-9,13,19H,10H2,1-2H3,(H,18,20). The van der Waals surface area contributed by atoms with Crippen molar-refractivity contribution in [1.29, 1.82) is 0 Å². The summed E-state index contributed by atoms with van der Waals surface area (Å²) >= 11 is 0. The third-order valence-electron chi connectivity index (χ3n) is 3.44. The first-order valence-electron chi connectivity index (χ1n) is 6.67. The Balaban J connectivity index is 2.02. The van der Waals surface area contributed by atoms with Crippen molar-refractivity contribution in [3.05, 3.63) is 59.8 Å². The number of aliphatic hydroxyl groups is 1. The molecule has 0 aliphatic carbocycles. The third kappa shape index (κ3) is 3.49. The number of carbonyl (C=O) groups excluding carboxylic acids is 1. The Labute approximate surface area is 122 Å². The number of furan rings is 1. The first-order valence-corrected chi connectivity index (χ1v) is 6.67. The summed E-state index contributed by atoms with van der Waals surface area (Å²) < 4.78 is 18.3. The molecule has 4 nitrogen and oxygen atoms in total. The summed E-state index contributed by atoms with van der Waals surface area (Å²) in [6, 6.07) is 9.23. The number of amides is 1. The molecule has 0 bridgehead atoms. The molecule has 2 N–H and O–H groups in total. The molecule has 0 fully saturated rings. The van der Waals surface area contributed by atoms with E-state index in [2.05, 4.69) is 5.32 Å². The van der Waals surface area contributed by atoms with E-state index >= 15 is 0 Å². The van der Waals surface area contributed by atoms with E-state index < -0.39 is 11.5 Å². The lowest BCUT2D eigenvalue weighted by Gasteiger charge is -2.24. The van der Waals surface area contributed by atoms with Gasteiger partial charge in [-0.15, -0.1) is 0 Å². The van der Waals surface area contributed by atoms with Gasteiger partial charge in [0.2, 0.25) is 5.91 Å². The quantitative estimate of drug-likeness (QED) is 0.890. The van der Waals surface area contributed by atoms with Crippen LogP contribution in [-0.4, -0.2) is 17.6 Å². The Kier molecular flexibility index (Phi) is 4.43. The molecular weight excluding hydrogens is 273 g/mol. The molecule has 2 aromatic rings. The highest BCUT2D eigenvalue weighted by atomic mass is 19.1. The molecule has 0 saturated carbocycles. The number of halogens is 1. The number of aliphatic hydroxyl groups excluding tert-OH is 1. The lowest BCUT2D eigenvalue weighted by molar-refractivity contribution is -0.126. The molecule has 0 spiro atoms. The van der Waals surface area contributed by atoms with Gasteiger partial charge in [-0.05, 0) is 43.7 Å². The topological polar surface area (TPSA) is 62.5 Å². The van der Waals surface area contributed by atoms with E-state index in [0.29, 0.717) is 11.3 Å². The van der Waals surface area contributed by atoms with E-state index in [1.54, 1.807) is 38.1 Å². The summed E-state index contributed by atoms with van der Waals surface area (Å²) in [7, 11) is 0. The van der Waals surface area contributed by atoms with Crippen LogP contribution in [0.5, 0.6) is 0 Å². The van der Waals surface area contributed by atoms with Crippen LogP contribution in [-0.2, 0) is 10.2 Å². The van der Waals surface area contributed by atoms with Gasteiger partial charge in [0, 0.05) is 0 Å². The van der Waals surface area contributed by atoms with Crippen LogP contribution in [0.1, 0.15) is 31.3 Å². The van der Waals surface area contributed by atoms with Gasteiger partial charge in [0.05, 0.1) is 18.2 Å². The fourth-order valence-electron chi connectivity index (χ4n) is 2.00. The molecular formula is C16H18FNO3. The first kappa shape index (κ1) is 15.3. The summed E-state index contributed by atoms with van der Waals surface area (Å²) in [5, 5.41) is 12.5. The van der Waals surface area contributed by atoms with Crippen LogP contribution >= 0.6 is 0 Å². The van der Waals surface area contributed by atoms with Gasteiger partial charge in [-0.25, -0.2) is 4.39 Å². The number of nitrogens with one attached hydrogen (secondary N) is 1. The Morgan fingerprint density at radius 3 is 2.76 bits per heavy atom. The van der Waals surface area contributed by atoms with Gasteiger partial charge in [0.25, 0.3) is 0 Å². The van der Waals surface area contributed by atoms with Crippen molar-refractivity contribution >= 4 is 5.91 Å². The Morgan fingerprint density at radius 1 is 1.38 bits per heavy atom. The van der Waals surface area contributed by atoms with Crippen LogP contribution in [0.4, 0.5) is 4.39 Å². The zero-order valence-corrected chi connectivity index (χ0v) is 12.0. The van der Waals surface area contributed by atoms with Gasteiger partial charge in [-0.3, -0.25) is 4.79 Å². The van der Waals surface area contributed by atoms with Crippen molar-refractivity contribution in [3.8, 4) is 0 Å². The number of rotatable bonds is 5. The van der Waals surface area contributed by atoms with Crippen LogP contribution in [0, 0.1) is 5.82 Å². The van der Waals surface area contributed by atoms with Crippen LogP contribution in [0.25, 0.3) is 0 Å². The maximum absolute atomic E-state index is 13.3. The molecule has 0 aliphatic rings. The van der Waals surface area contributed by atoms with Crippen molar-refractivity contribution < 1.29 is 18.7 Å². The summed E-state index contributed by atoms with van der Waals surface area (Å²) in [5.41, 5.74) is -0.321. The van der Waals surface area contributed by atoms with E-state index in [1.165, 1.54) is 18.4 Å². The maximum atomic E-state index is 13.3. The highest BCUT2D eigenvalue weighted by Gasteiger charge is 2.30. The first-order chi connectivity index (χ1) is 9.91. The highest BCUT2D eigenvalue weighted by Crippen LogP contribution is 2.24. The molecule has 1 aromatic heterocycles. The van der Waals surface area contributed by atoms with Gasteiger partial charge in [-0.2, -0.15) is 0 Å². The molecule has 0 radical (unpaired) electrons. The monoisotopic (exact) mass is 291 g/mol. The third-order valence-corrected chi connectivity index (χ3v) is 3.44. The maximum Gasteiger partial charge on any atom is 0.230 e. The Hall–Kier alpha value is -2.14.